The Hall–Kier alpha value is -2.72. The lowest BCUT2D eigenvalue weighted by Gasteiger charge is -2.32. The maximum Gasteiger partial charge on any atom is 0.246 e. The number of ether oxygens (including phenoxy) is 2. The fraction of sp³-hybridized carbons (Fsp3) is 0.263. The van der Waals surface area contributed by atoms with Gasteiger partial charge in [-0.2, -0.15) is 0 Å². The smallest absolute Gasteiger partial charge is 0.246 e. The van der Waals surface area contributed by atoms with Crippen LogP contribution in [0.5, 0.6) is 5.75 Å². The summed E-state index contributed by atoms with van der Waals surface area (Å²) in [6, 6.07) is 3.23. The van der Waals surface area contributed by atoms with Gasteiger partial charge in [-0.05, 0) is 18.2 Å². The van der Waals surface area contributed by atoms with E-state index in [0.717, 1.165) is 6.08 Å². The largest absolute Gasteiger partial charge is 0.488 e. The fourth-order valence-electron chi connectivity index (χ4n) is 2.71. The number of halogens is 6. The van der Waals surface area contributed by atoms with Gasteiger partial charge in [-0.15, -0.1) is 0 Å². The zero-order valence-corrected chi connectivity index (χ0v) is 15.9. The van der Waals surface area contributed by atoms with Gasteiger partial charge in [-0.3, -0.25) is 4.79 Å². The summed E-state index contributed by atoms with van der Waals surface area (Å²) in [6.07, 6.45) is 2.25. The molecule has 1 saturated heterocycles. The van der Waals surface area contributed by atoms with Crippen molar-refractivity contribution in [2.24, 2.45) is 0 Å². The SMILES string of the molecule is O=C(C=Cc1c(F)c(F)c(F)c(F)c1F)N1CCOC(COc2cccnc2Cl)C1. The Bertz CT molecular complexity index is 960. The molecule has 1 aliphatic rings. The lowest BCUT2D eigenvalue weighted by Crippen LogP contribution is -2.47. The van der Waals surface area contributed by atoms with Crippen molar-refractivity contribution in [1.82, 2.24) is 9.88 Å². The van der Waals surface area contributed by atoms with Crippen LogP contribution in [0.15, 0.2) is 24.4 Å². The van der Waals surface area contributed by atoms with Crippen LogP contribution in [0.25, 0.3) is 6.08 Å². The molecule has 1 aromatic heterocycles. The molecule has 0 radical (unpaired) electrons. The zero-order chi connectivity index (χ0) is 21.8. The Morgan fingerprint density at radius 1 is 1.20 bits per heavy atom. The molecule has 5 nitrogen and oxygen atoms in total. The third-order valence-corrected chi connectivity index (χ3v) is 4.52. The van der Waals surface area contributed by atoms with Crippen molar-refractivity contribution in [1.29, 1.82) is 0 Å². The topological polar surface area (TPSA) is 51.7 Å². The first-order chi connectivity index (χ1) is 14.3. The maximum absolute atomic E-state index is 13.7. The van der Waals surface area contributed by atoms with Gasteiger partial charge in [0.15, 0.2) is 34.2 Å². The Morgan fingerprint density at radius 3 is 2.53 bits per heavy atom. The molecule has 0 bridgehead atoms. The average Bonchev–Trinajstić information content (AvgIpc) is 2.76. The highest BCUT2D eigenvalue weighted by molar-refractivity contribution is 6.30. The van der Waals surface area contributed by atoms with Crippen molar-refractivity contribution in [3.8, 4) is 5.75 Å². The molecule has 1 atom stereocenters. The highest BCUT2D eigenvalue weighted by Gasteiger charge is 2.26. The number of pyridine rings is 1. The number of hydrogen-bond acceptors (Lipinski definition) is 4. The van der Waals surface area contributed by atoms with Gasteiger partial charge in [0.1, 0.15) is 12.7 Å². The number of hydrogen-bond donors (Lipinski definition) is 0. The first kappa shape index (κ1) is 22.0. The Labute approximate surface area is 172 Å². The van der Waals surface area contributed by atoms with Gasteiger partial charge >= 0.3 is 0 Å². The van der Waals surface area contributed by atoms with E-state index in [0.29, 0.717) is 11.8 Å². The lowest BCUT2D eigenvalue weighted by atomic mass is 10.1. The number of rotatable bonds is 5. The minimum absolute atomic E-state index is 0.0521. The van der Waals surface area contributed by atoms with Crippen molar-refractivity contribution in [3.05, 3.63) is 64.2 Å². The van der Waals surface area contributed by atoms with E-state index in [4.69, 9.17) is 21.1 Å². The molecule has 0 spiro atoms. The normalized spacial score (nSPS) is 16.9. The molecule has 0 saturated carbocycles. The quantitative estimate of drug-likeness (QED) is 0.230. The van der Waals surface area contributed by atoms with Crippen LogP contribution >= 0.6 is 11.6 Å². The summed E-state index contributed by atoms with van der Waals surface area (Å²) in [5.41, 5.74) is -1.20. The third-order valence-electron chi connectivity index (χ3n) is 4.24. The minimum Gasteiger partial charge on any atom is -0.488 e. The van der Waals surface area contributed by atoms with Crippen LogP contribution in [0.4, 0.5) is 22.0 Å². The minimum atomic E-state index is -2.27. The number of nitrogens with zero attached hydrogens (tertiary/aromatic N) is 2. The van der Waals surface area contributed by atoms with Crippen molar-refractivity contribution in [2.45, 2.75) is 6.10 Å². The van der Waals surface area contributed by atoms with Crippen LogP contribution in [0.3, 0.4) is 0 Å². The Balaban J connectivity index is 1.65. The van der Waals surface area contributed by atoms with Crippen molar-refractivity contribution >= 4 is 23.6 Å². The Morgan fingerprint density at radius 2 is 1.87 bits per heavy atom. The molecule has 1 fully saturated rings. The predicted molar refractivity (Wildman–Crippen MR) is 96.3 cm³/mol. The average molecular weight is 449 g/mol. The Kier molecular flexibility index (Phi) is 6.88. The molecule has 1 amide bonds. The molecule has 160 valence electrons. The molecule has 3 rings (SSSR count). The summed E-state index contributed by atoms with van der Waals surface area (Å²) >= 11 is 5.89. The maximum atomic E-state index is 13.7. The molecule has 30 heavy (non-hydrogen) atoms. The van der Waals surface area contributed by atoms with Gasteiger partial charge in [0.25, 0.3) is 0 Å². The van der Waals surface area contributed by atoms with E-state index in [9.17, 15) is 26.7 Å². The molecule has 1 aliphatic heterocycles. The molecular formula is C19H14ClF5N2O3. The first-order valence-electron chi connectivity index (χ1n) is 8.63. The van der Waals surface area contributed by atoms with Crippen LogP contribution in [-0.2, 0) is 9.53 Å². The summed E-state index contributed by atoms with van der Waals surface area (Å²) in [6.45, 7) is 0.468. The third kappa shape index (κ3) is 4.71. The second-order valence-corrected chi connectivity index (χ2v) is 6.56. The van der Waals surface area contributed by atoms with Crippen molar-refractivity contribution in [2.75, 3.05) is 26.3 Å². The summed E-state index contributed by atoms with van der Waals surface area (Å²) in [7, 11) is 0. The first-order valence-corrected chi connectivity index (χ1v) is 9.00. The fourth-order valence-corrected chi connectivity index (χ4v) is 2.88. The molecule has 0 N–H and O–H groups in total. The summed E-state index contributed by atoms with van der Waals surface area (Å²) in [5, 5.41) is 0.159. The number of benzene rings is 1. The van der Waals surface area contributed by atoms with E-state index in [-0.39, 0.29) is 31.5 Å². The molecule has 1 unspecified atom stereocenters. The molecule has 0 aliphatic carbocycles. The van der Waals surface area contributed by atoms with Gasteiger partial charge < -0.3 is 14.4 Å². The van der Waals surface area contributed by atoms with Crippen molar-refractivity contribution in [3.63, 3.8) is 0 Å². The van der Waals surface area contributed by atoms with Crippen LogP contribution in [0, 0.1) is 29.1 Å². The van der Waals surface area contributed by atoms with Gasteiger partial charge in [-0.25, -0.2) is 26.9 Å². The summed E-state index contributed by atoms with van der Waals surface area (Å²) in [4.78, 5) is 17.5. The number of amides is 1. The highest BCUT2D eigenvalue weighted by atomic mass is 35.5. The van der Waals surface area contributed by atoms with Crippen LogP contribution < -0.4 is 4.74 Å². The van der Waals surface area contributed by atoms with E-state index >= 15 is 0 Å². The van der Waals surface area contributed by atoms with Gasteiger partial charge in [0.2, 0.25) is 11.7 Å². The van der Waals surface area contributed by atoms with E-state index in [1.807, 2.05) is 0 Å². The molecular weight excluding hydrogens is 435 g/mol. The number of aromatic nitrogens is 1. The second kappa shape index (κ2) is 9.40. The number of morpholine rings is 1. The molecule has 2 aromatic rings. The summed E-state index contributed by atoms with van der Waals surface area (Å²) < 4.78 is 78.0. The number of carbonyl (C=O) groups is 1. The molecule has 1 aromatic carbocycles. The van der Waals surface area contributed by atoms with Crippen LogP contribution in [0.2, 0.25) is 5.15 Å². The second-order valence-electron chi connectivity index (χ2n) is 6.20. The predicted octanol–water partition coefficient (Wildman–Crippen LogP) is 3.75. The van der Waals surface area contributed by atoms with Crippen LogP contribution in [-0.4, -0.2) is 48.2 Å². The molecule has 2 heterocycles. The van der Waals surface area contributed by atoms with E-state index in [1.165, 1.54) is 11.1 Å². The lowest BCUT2D eigenvalue weighted by molar-refractivity contribution is -0.134. The highest BCUT2D eigenvalue weighted by Crippen LogP contribution is 2.24. The van der Waals surface area contributed by atoms with E-state index in [1.54, 1.807) is 12.1 Å². The van der Waals surface area contributed by atoms with Gasteiger partial charge in [0, 0.05) is 18.8 Å². The zero-order valence-electron chi connectivity index (χ0n) is 15.2. The van der Waals surface area contributed by atoms with Crippen molar-refractivity contribution < 1.29 is 36.2 Å². The van der Waals surface area contributed by atoms with E-state index < -0.39 is 46.7 Å². The standard InChI is InChI=1S/C19H14ClF5N2O3/c20-19-12(2-1-5-26-19)30-9-10-8-27(6-7-29-10)13(28)4-3-11-14(21)16(23)18(25)17(24)15(11)22/h1-5,10H,6-9H2. The van der Waals surface area contributed by atoms with Gasteiger partial charge in [0.05, 0.1) is 18.7 Å². The monoisotopic (exact) mass is 448 g/mol. The molecule has 11 heteroatoms. The van der Waals surface area contributed by atoms with Crippen LogP contribution in [0.1, 0.15) is 5.56 Å². The van der Waals surface area contributed by atoms with E-state index in [2.05, 4.69) is 4.98 Å². The number of carbonyl (C=O) groups excluding carboxylic acids is 1. The summed E-state index contributed by atoms with van der Waals surface area (Å²) in [5.74, 6) is -10.8. The van der Waals surface area contributed by atoms with Gasteiger partial charge in [-0.1, -0.05) is 11.6 Å².